The maximum Gasteiger partial charge on any atom is 0.132 e. The van der Waals surface area contributed by atoms with Gasteiger partial charge in [0.15, 0.2) is 0 Å². The van der Waals surface area contributed by atoms with Crippen molar-refractivity contribution in [3.63, 3.8) is 0 Å². The molecule has 0 spiro atoms. The molecule has 72 valence electrons. The summed E-state index contributed by atoms with van der Waals surface area (Å²) < 4.78 is 0. The molecule has 0 bridgehead atoms. The van der Waals surface area contributed by atoms with Crippen molar-refractivity contribution >= 4 is 11.6 Å². The first-order valence-electron chi connectivity index (χ1n) is 3.75. The van der Waals surface area contributed by atoms with Gasteiger partial charge < -0.3 is 10.2 Å². The maximum absolute atomic E-state index is 9.88. The number of carbonyl (C=O) groups excluding carboxylic acids is 2. The number of hydrogen-bond donors (Lipinski definition) is 2. The highest BCUT2D eigenvalue weighted by molar-refractivity contribution is 5.75. The first-order chi connectivity index (χ1) is 5.54. The Morgan fingerprint density at radius 3 is 1.17 bits per heavy atom. The molecule has 0 atom stereocenters. The first-order valence-corrected chi connectivity index (χ1v) is 3.75. The fourth-order valence-corrected chi connectivity index (χ4v) is 0.315. The molecule has 0 amide bonds. The van der Waals surface area contributed by atoms with Crippen LogP contribution in [0.2, 0.25) is 0 Å². The predicted octanol–water partition coefficient (Wildman–Crippen LogP) is -0.0844. The molecule has 12 heavy (non-hydrogen) atoms. The zero-order valence-electron chi connectivity index (χ0n) is 7.54. The molecule has 4 heteroatoms. The van der Waals surface area contributed by atoms with Crippen molar-refractivity contribution in [1.29, 1.82) is 0 Å². The lowest BCUT2D eigenvalue weighted by atomic mass is 10.3. The van der Waals surface area contributed by atoms with Crippen LogP contribution in [0.5, 0.6) is 0 Å². The Morgan fingerprint density at radius 1 is 0.917 bits per heavy atom. The standard InChI is InChI=1S/2C4H8O2/c2*1-4(6)2-3-5/h2*5H,2-3H2,1H3. The topological polar surface area (TPSA) is 74.6 Å². The Kier molecular flexibility index (Phi) is 11.8. The Bertz CT molecular complexity index is 115. The fraction of sp³-hybridized carbons (Fsp3) is 0.750. The molecule has 0 rings (SSSR count). The van der Waals surface area contributed by atoms with Crippen LogP contribution in [-0.2, 0) is 9.59 Å². The number of ketones is 2. The molecule has 0 saturated carbocycles. The van der Waals surface area contributed by atoms with Crippen LogP contribution in [-0.4, -0.2) is 35.0 Å². The highest BCUT2D eigenvalue weighted by Gasteiger charge is 1.85. The van der Waals surface area contributed by atoms with E-state index < -0.39 is 0 Å². The second kappa shape index (κ2) is 10.3. The van der Waals surface area contributed by atoms with Gasteiger partial charge in [-0.1, -0.05) is 0 Å². The summed E-state index contributed by atoms with van der Waals surface area (Å²) in [6.07, 6.45) is 0.583. The third kappa shape index (κ3) is 22.8. The minimum atomic E-state index is -0.0185. The van der Waals surface area contributed by atoms with E-state index in [-0.39, 0.29) is 24.8 Å². The molecule has 0 aliphatic carbocycles. The molecule has 0 aliphatic rings. The van der Waals surface area contributed by atoms with E-state index >= 15 is 0 Å². The van der Waals surface area contributed by atoms with Crippen LogP contribution < -0.4 is 0 Å². The first kappa shape index (κ1) is 13.8. The summed E-state index contributed by atoms with van der Waals surface area (Å²) in [5, 5.41) is 16.0. The molecule has 4 nitrogen and oxygen atoms in total. The molecule has 0 unspecified atom stereocenters. The van der Waals surface area contributed by atoms with E-state index in [4.69, 9.17) is 10.2 Å². The number of Topliss-reactive ketones (excluding diaryl/α,β-unsaturated/α-hetero) is 2. The minimum absolute atomic E-state index is 0.0185. The zero-order valence-corrected chi connectivity index (χ0v) is 7.54. The van der Waals surface area contributed by atoms with Crippen LogP contribution in [0.25, 0.3) is 0 Å². The van der Waals surface area contributed by atoms with Crippen LogP contribution >= 0.6 is 0 Å². The number of rotatable bonds is 4. The smallest absolute Gasteiger partial charge is 0.132 e. The van der Waals surface area contributed by atoms with Gasteiger partial charge in [-0.05, 0) is 13.8 Å². The Labute approximate surface area is 72.2 Å². The van der Waals surface area contributed by atoms with E-state index in [1.54, 1.807) is 0 Å². The summed E-state index contributed by atoms with van der Waals surface area (Å²) in [4.78, 5) is 19.8. The Hall–Kier alpha value is -0.740. The van der Waals surface area contributed by atoms with Gasteiger partial charge in [0.2, 0.25) is 0 Å². The fourth-order valence-electron chi connectivity index (χ4n) is 0.315. The SMILES string of the molecule is CC(=O)CCO.CC(=O)CCO. The van der Waals surface area contributed by atoms with Crippen molar-refractivity contribution < 1.29 is 19.8 Å². The highest BCUT2D eigenvalue weighted by Crippen LogP contribution is 1.74. The van der Waals surface area contributed by atoms with Crippen molar-refractivity contribution in [2.75, 3.05) is 13.2 Å². The van der Waals surface area contributed by atoms with Crippen molar-refractivity contribution in [3.8, 4) is 0 Å². The average Bonchev–Trinajstić information content (AvgIpc) is 1.87. The van der Waals surface area contributed by atoms with Gasteiger partial charge in [0.1, 0.15) is 11.6 Å². The summed E-state index contributed by atoms with van der Waals surface area (Å²) in [5.41, 5.74) is 0. The number of carbonyl (C=O) groups is 2. The van der Waals surface area contributed by atoms with Crippen LogP contribution in [0.4, 0.5) is 0 Å². The average molecular weight is 176 g/mol. The van der Waals surface area contributed by atoms with Gasteiger partial charge in [-0.25, -0.2) is 0 Å². The lowest BCUT2D eigenvalue weighted by molar-refractivity contribution is -0.118. The number of aliphatic hydroxyl groups excluding tert-OH is 2. The van der Waals surface area contributed by atoms with Gasteiger partial charge >= 0.3 is 0 Å². The number of hydrogen-bond acceptors (Lipinski definition) is 4. The molecule has 0 aromatic rings. The molecule has 0 fully saturated rings. The van der Waals surface area contributed by atoms with E-state index in [1.807, 2.05) is 0 Å². The summed E-state index contributed by atoms with van der Waals surface area (Å²) in [5.74, 6) is 0.0787. The summed E-state index contributed by atoms with van der Waals surface area (Å²) in [6, 6.07) is 0. The van der Waals surface area contributed by atoms with E-state index in [2.05, 4.69) is 0 Å². The molecule has 0 heterocycles. The third-order valence-electron chi connectivity index (χ3n) is 0.928. The van der Waals surface area contributed by atoms with E-state index in [1.165, 1.54) is 13.8 Å². The Morgan fingerprint density at radius 2 is 1.17 bits per heavy atom. The third-order valence-corrected chi connectivity index (χ3v) is 0.928. The monoisotopic (exact) mass is 176 g/mol. The minimum Gasteiger partial charge on any atom is -0.396 e. The zero-order chi connectivity index (χ0) is 9.98. The Balaban J connectivity index is 0. The van der Waals surface area contributed by atoms with Gasteiger partial charge in [-0.2, -0.15) is 0 Å². The van der Waals surface area contributed by atoms with E-state index in [9.17, 15) is 9.59 Å². The lowest BCUT2D eigenvalue weighted by Crippen LogP contribution is -1.92. The molecule has 0 aromatic carbocycles. The second-order valence-corrected chi connectivity index (χ2v) is 2.35. The van der Waals surface area contributed by atoms with Gasteiger partial charge in [-0.3, -0.25) is 9.59 Å². The van der Waals surface area contributed by atoms with Gasteiger partial charge in [0, 0.05) is 26.1 Å². The van der Waals surface area contributed by atoms with Crippen molar-refractivity contribution in [3.05, 3.63) is 0 Å². The van der Waals surface area contributed by atoms with Crippen molar-refractivity contribution in [2.24, 2.45) is 0 Å². The molecule has 0 saturated heterocycles. The van der Waals surface area contributed by atoms with E-state index in [0.717, 1.165) is 0 Å². The molecule has 0 aromatic heterocycles. The van der Waals surface area contributed by atoms with Gasteiger partial charge in [0.25, 0.3) is 0 Å². The second-order valence-electron chi connectivity index (χ2n) is 2.35. The van der Waals surface area contributed by atoms with Crippen LogP contribution in [0, 0.1) is 0 Å². The predicted molar refractivity (Wildman–Crippen MR) is 44.8 cm³/mol. The quantitative estimate of drug-likeness (QED) is 0.628. The summed E-state index contributed by atoms with van der Waals surface area (Å²) in [6.45, 7) is 2.87. The summed E-state index contributed by atoms with van der Waals surface area (Å²) >= 11 is 0. The largest absolute Gasteiger partial charge is 0.396 e. The maximum atomic E-state index is 9.88. The summed E-state index contributed by atoms with van der Waals surface area (Å²) in [7, 11) is 0. The molecular weight excluding hydrogens is 160 g/mol. The molecule has 0 radical (unpaired) electrons. The van der Waals surface area contributed by atoms with Gasteiger partial charge in [0.05, 0.1) is 0 Å². The van der Waals surface area contributed by atoms with Crippen molar-refractivity contribution in [1.82, 2.24) is 0 Å². The molecule has 0 aliphatic heterocycles. The highest BCUT2D eigenvalue weighted by atomic mass is 16.3. The number of aliphatic hydroxyl groups is 2. The van der Waals surface area contributed by atoms with Crippen LogP contribution in [0.1, 0.15) is 26.7 Å². The van der Waals surface area contributed by atoms with Gasteiger partial charge in [-0.15, -0.1) is 0 Å². The van der Waals surface area contributed by atoms with E-state index in [0.29, 0.717) is 12.8 Å². The molecule has 2 N–H and O–H groups in total. The normalized spacial score (nSPS) is 8.33. The lowest BCUT2D eigenvalue weighted by Gasteiger charge is -1.80. The van der Waals surface area contributed by atoms with Crippen LogP contribution in [0.3, 0.4) is 0 Å². The molecular formula is C8H16O4. The van der Waals surface area contributed by atoms with Crippen molar-refractivity contribution in [2.45, 2.75) is 26.7 Å². The van der Waals surface area contributed by atoms with Crippen LogP contribution in [0.15, 0.2) is 0 Å².